The van der Waals surface area contributed by atoms with Gasteiger partial charge in [0, 0.05) is 5.69 Å². The molecule has 0 aliphatic carbocycles. The molecular formula is C14H18N4O2. The number of aromatic nitrogens is 3. The molecule has 6 nitrogen and oxygen atoms in total. The van der Waals surface area contributed by atoms with Crippen LogP contribution in [0.1, 0.15) is 25.1 Å². The van der Waals surface area contributed by atoms with Crippen molar-refractivity contribution in [3.63, 3.8) is 0 Å². The molecule has 106 valence electrons. The molecule has 0 aliphatic rings. The van der Waals surface area contributed by atoms with E-state index in [4.69, 9.17) is 0 Å². The third-order valence-corrected chi connectivity index (χ3v) is 2.77. The Morgan fingerprint density at radius 3 is 2.80 bits per heavy atom. The van der Waals surface area contributed by atoms with Gasteiger partial charge >= 0.3 is 0 Å². The number of anilines is 1. The van der Waals surface area contributed by atoms with Gasteiger partial charge in [-0.15, -0.1) is 5.10 Å². The average Bonchev–Trinajstić information content (AvgIpc) is 2.76. The molecule has 0 radical (unpaired) electrons. The fourth-order valence-electron chi connectivity index (χ4n) is 1.73. The van der Waals surface area contributed by atoms with E-state index < -0.39 is 5.60 Å². The SMILES string of the molecule is Cc1cccc(NC(=O)Cn2cc(C(C)(C)O)nn2)c1. The van der Waals surface area contributed by atoms with E-state index in [9.17, 15) is 9.90 Å². The molecule has 1 aromatic carbocycles. The summed E-state index contributed by atoms with van der Waals surface area (Å²) in [6, 6.07) is 7.56. The summed E-state index contributed by atoms with van der Waals surface area (Å²) >= 11 is 0. The zero-order valence-corrected chi connectivity index (χ0v) is 11.8. The maximum absolute atomic E-state index is 11.9. The quantitative estimate of drug-likeness (QED) is 0.884. The van der Waals surface area contributed by atoms with Crippen LogP contribution >= 0.6 is 0 Å². The summed E-state index contributed by atoms with van der Waals surface area (Å²) in [5.74, 6) is -0.192. The van der Waals surface area contributed by atoms with Crippen LogP contribution in [-0.4, -0.2) is 26.0 Å². The lowest BCUT2D eigenvalue weighted by Crippen LogP contribution is -2.19. The molecule has 0 aliphatic heterocycles. The van der Waals surface area contributed by atoms with Crippen molar-refractivity contribution in [3.8, 4) is 0 Å². The number of aryl methyl sites for hydroxylation is 1. The Bertz CT molecular complexity index is 614. The molecule has 0 saturated heterocycles. The fourth-order valence-corrected chi connectivity index (χ4v) is 1.73. The number of carbonyl (C=O) groups excluding carboxylic acids is 1. The maximum Gasteiger partial charge on any atom is 0.246 e. The van der Waals surface area contributed by atoms with Gasteiger partial charge in [0.1, 0.15) is 17.8 Å². The van der Waals surface area contributed by atoms with Crippen LogP contribution in [0.2, 0.25) is 0 Å². The van der Waals surface area contributed by atoms with E-state index in [1.54, 1.807) is 20.0 Å². The highest BCUT2D eigenvalue weighted by molar-refractivity contribution is 5.90. The molecule has 0 bridgehead atoms. The van der Waals surface area contributed by atoms with Gasteiger partial charge in [-0.3, -0.25) is 4.79 Å². The summed E-state index contributed by atoms with van der Waals surface area (Å²) in [5.41, 5.74) is 1.19. The Hall–Kier alpha value is -2.21. The molecule has 6 heteroatoms. The molecule has 1 amide bonds. The van der Waals surface area contributed by atoms with Crippen LogP contribution in [0, 0.1) is 6.92 Å². The van der Waals surface area contributed by atoms with Gasteiger partial charge in [-0.25, -0.2) is 4.68 Å². The van der Waals surface area contributed by atoms with E-state index in [1.165, 1.54) is 4.68 Å². The number of nitrogens with zero attached hydrogens (tertiary/aromatic N) is 3. The molecule has 0 atom stereocenters. The number of rotatable bonds is 4. The predicted molar refractivity (Wildman–Crippen MR) is 75.1 cm³/mol. The van der Waals surface area contributed by atoms with E-state index >= 15 is 0 Å². The average molecular weight is 274 g/mol. The van der Waals surface area contributed by atoms with Crippen LogP contribution in [-0.2, 0) is 16.9 Å². The predicted octanol–water partition coefficient (Wildman–Crippen LogP) is 1.45. The summed E-state index contributed by atoms with van der Waals surface area (Å²) in [7, 11) is 0. The summed E-state index contributed by atoms with van der Waals surface area (Å²) in [6.45, 7) is 5.25. The first kappa shape index (κ1) is 14.2. The minimum Gasteiger partial charge on any atom is -0.384 e. The van der Waals surface area contributed by atoms with E-state index in [0.29, 0.717) is 5.69 Å². The van der Waals surface area contributed by atoms with Gasteiger partial charge in [0.2, 0.25) is 5.91 Å². The van der Waals surface area contributed by atoms with Gasteiger partial charge in [-0.05, 0) is 38.5 Å². The molecule has 0 unspecified atom stereocenters. The molecule has 2 N–H and O–H groups in total. The molecule has 0 spiro atoms. The Labute approximate surface area is 117 Å². The van der Waals surface area contributed by atoms with E-state index in [0.717, 1.165) is 11.3 Å². The van der Waals surface area contributed by atoms with Gasteiger partial charge in [0.05, 0.1) is 6.20 Å². The van der Waals surface area contributed by atoms with Gasteiger partial charge < -0.3 is 10.4 Å². The zero-order chi connectivity index (χ0) is 14.8. The molecule has 20 heavy (non-hydrogen) atoms. The Morgan fingerprint density at radius 1 is 1.45 bits per heavy atom. The number of aliphatic hydroxyl groups is 1. The van der Waals surface area contributed by atoms with Crippen LogP contribution in [0.25, 0.3) is 0 Å². The van der Waals surface area contributed by atoms with E-state index in [2.05, 4.69) is 15.6 Å². The number of hydrogen-bond acceptors (Lipinski definition) is 4. The first-order valence-corrected chi connectivity index (χ1v) is 6.34. The molecule has 0 saturated carbocycles. The molecule has 2 aromatic rings. The Kier molecular flexibility index (Phi) is 3.85. The summed E-state index contributed by atoms with van der Waals surface area (Å²) in [6.07, 6.45) is 1.57. The Balaban J connectivity index is 2.00. The smallest absolute Gasteiger partial charge is 0.246 e. The highest BCUT2D eigenvalue weighted by Gasteiger charge is 2.20. The van der Waals surface area contributed by atoms with Crippen LogP contribution in [0.4, 0.5) is 5.69 Å². The topological polar surface area (TPSA) is 80.0 Å². The van der Waals surface area contributed by atoms with Crippen molar-refractivity contribution in [3.05, 3.63) is 41.7 Å². The van der Waals surface area contributed by atoms with Gasteiger partial charge in [-0.2, -0.15) is 0 Å². The summed E-state index contributed by atoms with van der Waals surface area (Å²) in [4.78, 5) is 11.9. The monoisotopic (exact) mass is 274 g/mol. The number of amides is 1. The van der Waals surface area contributed by atoms with Gasteiger partial charge in [0.15, 0.2) is 0 Å². The minimum atomic E-state index is -1.06. The lowest BCUT2D eigenvalue weighted by Gasteiger charge is -2.11. The Morgan fingerprint density at radius 2 is 2.20 bits per heavy atom. The third kappa shape index (κ3) is 3.64. The van der Waals surface area contributed by atoms with Crippen molar-refractivity contribution in [2.75, 3.05) is 5.32 Å². The molecule has 1 heterocycles. The van der Waals surface area contributed by atoms with E-state index in [1.807, 2.05) is 31.2 Å². The highest BCUT2D eigenvalue weighted by Crippen LogP contribution is 2.15. The molecule has 1 aromatic heterocycles. The molecule has 0 fully saturated rings. The van der Waals surface area contributed by atoms with Gasteiger partial charge in [0.25, 0.3) is 0 Å². The fraction of sp³-hybridized carbons (Fsp3) is 0.357. The third-order valence-electron chi connectivity index (χ3n) is 2.77. The van der Waals surface area contributed by atoms with Gasteiger partial charge in [-0.1, -0.05) is 17.3 Å². The van der Waals surface area contributed by atoms with Crippen molar-refractivity contribution in [1.29, 1.82) is 0 Å². The second kappa shape index (κ2) is 5.42. The number of carbonyl (C=O) groups is 1. The van der Waals surface area contributed by atoms with Crippen LogP contribution < -0.4 is 5.32 Å². The van der Waals surface area contributed by atoms with Crippen LogP contribution in [0.5, 0.6) is 0 Å². The molecular weight excluding hydrogens is 256 g/mol. The standard InChI is InChI=1S/C14H18N4O2/c1-10-5-4-6-11(7-10)15-13(19)9-18-8-12(16-17-18)14(2,3)20/h4-8,20H,9H2,1-3H3,(H,15,19). The minimum absolute atomic E-state index is 0.0526. The van der Waals surface area contributed by atoms with Crippen molar-refractivity contribution < 1.29 is 9.90 Å². The lowest BCUT2D eigenvalue weighted by atomic mass is 10.1. The maximum atomic E-state index is 11.9. The van der Waals surface area contributed by atoms with Crippen molar-refractivity contribution in [2.45, 2.75) is 32.9 Å². The first-order chi connectivity index (χ1) is 9.34. The zero-order valence-electron chi connectivity index (χ0n) is 11.8. The van der Waals surface area contributed by atoms with Crippen LogP contribution in [0.15, 0.2) is 30.5 Å². The lowest BCUT2D eigenvalue weighted by molar-refractivity contribution is -0.116. The highest BCUT2D eigenvalue weighted by atomic mass is 16.3. The summed E-state index contributed by atoms with van der Waals surface area (Å²) in [5, 5.41) is 20.2. The normalized spacial score (nSPS) is 11.4. The van der Waals surface area contributed by atoms with E-state index in [-0.39, 0.29) is 12.5 Å². The van der Waals surface area contributed by atoms with Crippen molar-refractivity contribution in [1.82, 2.24) is 15.0 Å². The largest absolute Gasteiger partial charge is 0.384 e. The number of benzene rings is 1. The molecule has 2 rings (SSSR count). The van der Waals surface area contributed by atoms with Crippen molar-refractivity contribution in [2.24, 2.45) is 0 Å². The number of nitrogens with one attached hydrogen (secondary N) is 1. The second-order valence-electron chi connectivity index (χ2n) is 5.28. The summed E-state index contributed by atoms with van der Waals surface area (Å²) < 4.78 is 1.40. The van der Waals surface area contributed by atoms with Crippen molar-refractivity contribution >= 4 is 11.6 Å². The number of hydrogen-bond donors (Lipinski definition) is 2. The second-order valence-corrected chi connectivity index (χ2v) is 5.28. The first-order valence-electron chi connectivity index (χ1n) is 6.34. The van der Waals surface area contributed by atoms with Crippen LogP contribution in [0.3, 0.4) is 0 Å².